The maximum atomic E-state index is 13.2. The third-order valence-corrected chi connectivity index (χ3v) is 6.18. The lowest BCUT2D eigenvalue weighted by Gasteiger charge is -2.16. The first kappa shape index (κ1) is 26.5. The zero-order valence-electron chi connectivity index (χ0n) is 19.0. The Bertz CT molecular complexity index is 1380. The van der Waals surface area contributed by atoms with Gasteiger partial charge in [0.2, 0.25) is 0 Å². The highest BCUT2D eigenvalue weighted by atomic mass is 79.9. The van der Waals surface area contributed by atoms with Gasteiger partial charge in [0.15, 0.2) is 0 Å². The summed E-state index contributed by atoms with van der Waals surface area (Å²) < 4.78 is 81.7. The Morgan fingerprint density at radius 3 is 1.97 bits per heavy atom. The number of nitrogens with zero attached hydrogens (tertiary/aromatic N) is 2. The summed E-state index contributed by atoms with van der Waals surface area (Å²) in [6.45, 7) is 1.82. The fraction of sp³-hybridized carbons (Fsp3) is 0.154. The molecular weight excluding hydrogens is 564 g/mol. The highest BCUT2D eigenvalue weighted by molar-refractivity contribution is 9.10. The molecule has 0 aliphatic carbocycles. The van der Waals surface area contributed by atoms with Gasteiger partial charge in [-0.15, -0.1) is 0 Å². The molecule has 1 aromatic heterocycles. The Hall–Kier alpha value is -3.60. The quantitative estimate of drug-likeness (QED) is 0.244. The monoisotopic (exact) mass is 581 g/mol. The second kappa shape index (κ2) is 10.0. The topological polar surface area (TPSA) is 46.9 Å². The summed E-state index contributed by atoms with van der Waals surface area (Å²) >= 11 is 3.36. The van der Waals surface area contributed by atoms with E-state index in [4.69, 9.17) is 0 Å². The molecule has 4 aromatic rings. The Morgan fingerprint density at radius 1 is 0.865 bits per heavy atom. The fourth-order valence-electron chi connectivity index (χ4n) is 3.71. The first-order valence-electron chi connectivity index (χ1n) is 10.8. The van der Waals surface area contributed by atoms with Gasteiger partial charge in [0, 0.05) is 10.2 Å². The van der Waals surface area contributed by atoms with Gasteiger partial charge in [0.1, 0.15) is 5.69 Å². The van der Waals surface area contributed by atoms with Crippen LogP contribution in [0, 0.1) is 0 Å². The van der Waals surface area contributed by atoms with E-state index in [1.807, 2.05) is 31.2 Å². The summed E-state index contributed by atoms with van der Waals surface area (Å²) in [5.41, 5.74) is -1.34. The number of hydrogen-bond acceptors (Lipinski definition) is 2. The van der Waals surface area contributed by atoms with Crippen LogP contribution in [0.3, 0.4) is 0 Å². The Kier molecular flexibility index (Phi) is 7.18. The number of halogens is 7. The molecule has 3 aromatic carbocycles. The Morgan fingerprint density at radius 2 is 1.43 bits per heavy atom. The summed E-state index contributed by atoms with van der Waals surface area (Å²) in [7, 11) is 0. The van der Waals surface area contributed by atoms with Crippen molar-refractivity contribution in [3.8, 4) is 16.8 Å². The molecule has 0 saturated heterocycles. The highest BCUT2D eigenvalue weighted by Gasteiger charge is 2.37. The largest absolute Gasteiger partial charge is 0.416 e. The minimum Gasteiger partial charge on any atom is -0.344 e. The van der Waals surface area contributed by atoms with Gasteiger partial charge in [-0.3, -0.25) is 9.36 Å². The van der Waals surface area contributed by atoms with Crippen molar-refractivity contribution >= 4 is 21.8 Å². The molecule has 0 saturated carbocycles. The van der Waals surface area contributed by atoms with Crippen LogP contribution in [-0.4, -0.2) is 15.5 Å². The van der Waals surface area contributed by atoms with Gasteiger partial charge < -0.3 is 5.32 Å². The summed E-state index contributed by atoms with van der Waals surface area (Å²) in [4.78, 5) is 16.9. The van der Waals surface area contributed by atoms with Gasteiger partial charge in [-0.25, -0.2) is 4.98 Å². The number of benzene rings is 3. The van der Waals surface area contributed by atoms with Crippen LogP contribution in [0.25, 0.3) is 16.8 Å². The zero-order chi connectivity index (χ0) is 27.0. The van der Waals surface area contributed by atoms with Crippen LogP contribution in [0.4, 0.5) is 26.3 Å². The van der Waals surface area contributed by atoms with Gasteiger partial charge in [-0.2, -0.15) is 26.3 Å². The molecule has 1 amide bonds. The lowest BCUT2D eigenvalue weighted by atomic mass is 9.99. The molecule has 0 unspecified atom stereocenters. The minimum atomic E-state index is -4.94. The number of carbonyl (C=O) groups is 1. The Balaban J connectivity index is 1.60. The average molecular weight is 582 g/mol. The molecule has 192 valence electrons. The van der Waals surface area contributed by atoms with Crippen molar-refractivity contribution in [1.29, 1.82) is 0 Å². The standard InChI is InChI=1S/C26H18BrF6N3O/c1-15(16-2-6-21(27)7-3-16)35-24(37)23-13-34-14-36(23)22-8-4-17(5-9-22)18-10-19(25(28,29)30)12-20(11-18)26(31,32)33/h2-15H,1H3,(H,35,37)/t15-/m0/s1. The molecule has 4 rings (SSSR count). The van der Waals surface area contributed by atoms with Gasteiger partial charge in [-0.1, -0.05) is 40.2 Å². The number of imidazole rings is 1. The Labute approximate surface area is 216 Å². The van der Waals surface area contributed by atoms with Crippen molar-refractivity contribution in [2.75, 3.05) is 0 Å². The summed E-state index contributed by atoms with van der Waals surface area (Å²) in [6.07, 6.45) is -7.13. The first-order chi connectivity index (χ1) is 17.3. The lowest BCUT2D eigenvalue weighted by Crippen LogP contribution is -2.28. The van der Waals surface area contributed by atoms with Crippen LogP contribution in [0.5, 0.6) is 0 Å². The van der Waals surface area contributed by atoms with Crippen molar-refractivity contribution in [3.05, 3.63) is 106 Å². The molecule has 0 aliphatic heterocycles. The lowest BCUT2D eigenvalue weighted by molar-refractivity contribution is -0.143. The third kappa shape index (κ3) is 6.04. The number of hydrogen-bond donors (Lipinski definition) is 1. The molecule has 4 nitrogen and oxygen atoms in total. The maximum Gasteiger partial charge on any atom is 0.416 e. The predicted octanol–water partition coefficient (Wildman–Crippen LogP) is 7.83. The minimum absolute atomic E-state index is 0.0868. The smallest absolute Gasteiger partial charge is 0.344 e. The first-order valence-corrected chi connectivity index (χ1v) is 11.6. The van der Waals surface area contributed by atoms with Crippen molar-refractivity contribution in [3.63, 3.8) is 0 Å². The number of alkyl halides is 6. The van der Waals surface area contributed by atoms with Crippen LogP contribution >= 0.6 is 15.9 Å². The molecule has 11 heteroatoms. The van der Waals surface area contributed by atoms with Crippen LogP contribution < -0.4 is 5.32 Å². The molecule has 0 aliphatic rings. The summed E-state index contributed by atoms with van der Waals surface area (Å²) in [5.74, 6) is -0.412. The third-order valence-electron chi connectivity index (χ3n) is 5.66. The van der Waals surface area contributed by atoms with E-state index in [0.29, 0.717) is 17.8 Å². The molecule has 1 atom stereocenters. The predicted molar refractivity (Wildman–Crippen MR) is 129 cm³/mol. The van der Waals surface area contributed by atoms with E-state index in [9.17, 15) is 31.1 Å². The number of amides is 1. The van der Waals surface area contributed by atoms with Crippen LogP contribution in [0.2, 0.25) is 0 Å². The van der Waals surface area contributed by atoms with Crippen molar-refractivity contribution < 1.29 is 31.1 Å². The number of aromatic nitrogens is 2. The molecule has 1 N–H and O–H groups in total. The van der Waals surface area contributed by atoms with E-state index < -0.39 is 29.4 Å². The molecule has 37 heavy (non-hydrogen) atoms. The second-order valence-corrected chi connectivity index (χ2v) is 9.15. The zero-order valence-corrected chi connectivity index (χ0v) is 20.6. The van der Waals surface area contributed by atoms with Crippen LogP contribution in [-0.2, 0) is 12.4 Å². The van der Waals surface area contributed by atoms with E-state index in [2.05, 4.69) is 26.2 Å². The van der Waals surface area contributed by atoms with Crippen molar-refractivity contribution in [1.82, 2.24) is 14.9 Å². The SMILES string of the molecule is C[C@H](NC(=O)c1cncn1-c1ccc(-c2cc(C(F)(F)F)cc(C(F)(F)F)c2)cc1)c1ccc(Br)cc1. The van der Waals surface area contributed by atoms with E-state index >= 15 is 0 Å². The molecule has 1 heterocycles. The van der Waals surface area contributed by atoms with Crippen LogP contribution in [0.15, 0.2) is 83.7 Å². The van der Waals surface area contributed by atoms with Crippen molar-refractivity contribution in [2.45, 2.75) is 25.3 Å². The molecule has 0 bridgehead atoms. The molecule has 0 radical (unpaired) electrons. The van der Waals surface area contributed by atoms with Gasteiger partial charge in [-0.05, 0) is 66.1 Å². The average Bonchev–Trinajstić information content (AvgIpc) is 3.33. The van der Waals surface area contributed by atoms with Crippen molar-refractivity contribution in [2.24, 2.45) is 0 Å². The molecule has 0 spiro atoms. The number of rotatable bonds is 5. The fourth-order valence-corrected chi connectivity index (χ4v) is 3.97. The maximum absolute atomic E-state index is 13.2. The van der Waals surface area contributed by atoms with E-state index in [-0.39, 0.29) is 28.9 Å². The van der Waals surface area contributed by atoms with E-state index in [1.54, 1.807) is 0 Å². The number of nitrogens with one attached hydrogen (secondary N) is 1. The number of carbonyl (C=O) groups excluding carboxylic acids is 1. The normalized spacial score (nSPS) is 12.9. The van der Waals surface area contributed by atoms with E-state index in [1.165, 1.54) is 41.4 Å². The van der Waals surface area contributed by atoms with Gasteiger partial charge in [0.05, 0.1) is 29.7 Å². The molecule has 0 fully saturated rings. The van der Waals surface area contributed by atoms with Gasteiger partial charge in [0.25, 0.3) is 5.91 Å². The summed E-state index contributed by atoms with van der Waals surface area (Å²) in [6, 6.07) is 14.3. The van der Waals surface area contributed by atoms with E-state index in [0.717, 1.165) is 10.0 Å². The second-order valence-electron chi connectivity index (χ2n) is 8.24. The van der Waals surface area contributed by atoms with Crippen LogP contribution in [0.1, 0.15) is 40.1 Å². The summed E-state index contributed by atoms with van der Waals surface area (Å²) in [5, 5.41) is 2.88. The van der Waals surface area contributed by atoms with Gasteiger partial charge >= 0.3 is 12.4 Å². The molecular formula is C26H18BrF6N3O. The highest BCUT2D eigenvalue weighted by Crippen LogP contribution is 2.38.